The number of benzene rings is 8. The maximum absolute atomic E-state index is 4.58. The maximum Gasteiger partial charge on any atom is 0.112 e. The van der Waals surface area contributed by atoms with E-state index in [2.05, 4.69) is 261 Å². The summed E-state index contributed by atoms with van der Waals surface area (Å²) >= 11 is 3.50. The van der Waals surface area contributed by atoms with E-state index in [9.17, 15) is 0 Å². The topological polar surface area (TPSA) is 0 Å². The number of halogens is 2. The summed E-state index contributed by atoms with van der Waals surface area (Å²) in [5.41, 5.74) is 0. The molecule has 0 bridgehead atoms. The number of rotatable bonds is 12. The molecule has 0 radical (unpaired) electrons. The minimum absolute atomic E-state index is 0.393. The van der Waals surface area contributed by atoms with Gasteiger partial charge >= 0.3 is 58.4 Å². The van der Waals surface area contributed by atoms with Gasteiger partial charge in [0, 0.05) is 0 Å². The number of hydrogen-bond donors (Lipinski definition) is 0. The van der Waals surface area contributed by atoms with Crippen molar-refractivity contribution in [3.05, 3.63) is 243 Å². The van der Waals surface area contributed by atoms with Crippen molar-refractivity contribution in [3.63, 3.8) is 0 Å². The van der Waals surface area contributed by atoms with E-state index >= 15 is 0 Å². The molecule has 0 unspecified atom stereocenters. The Bertz CT molecular complexity index is 2010. The second-order valence-electron chi connectivity index (χ2n) is 13.1. The van der Waals surface area contributed by atoms with Crippen LogP contribution in [0.4, 0.5) is 0 Å². The first-order valence-electron chi connectivity index (χ1n) is 18.9. The Morgan fingerprint density at radius 1 is 0.310 bits per heavy atom. The van der Waals surface area contributed by atoms with Crippen molar-refractivity contribution in [2.45, 2.75) is 6.42 Å². The summed E-state index contributed by atoms with van der Waals surface area (Å²) in [6.07, 6.45) is 3.54. The molecule has 0 nitrogen and oxygen atoms in total. The van der Waals surface area contributed by atoms with Gasteiger partial charge in [-0.15, -0.1) is 0 Å². The van der Waals surface area contributed by atoms with E-state index in [1.165, 1.54) is 61.2 Å². The van der Waals surface area contributed by atoms with Crippen molar-refractivity contribution in [1.29, 1.82) is 0 Å². The molecule has 0 N–H and O–H groups in total. The summed E-state index contributed by atoms with van der Waals surface area (Å²) in [5, 5.41) is 11.6. The summed E-state index contributed by atoms with van der Waals surface area (Å²) in [7, 11) is 6.55. The minimum atomic E-state index is -1.78. The monoisotopic (exact) mass is 1220 g/mol. The van der Waals surface area contributed by atoms with E-state index in [1.807, 2.05) is 0 Å². The van der Waals surface area contributed by atoms with Crippen LogP contribution in [0.3, 0.4) is 0 Å². The molecule has 0 amide bonds. The van der Waals surface area contributed by atoms with Gasteiger partial charge in [0.25, 0.3) is 0 Å². The smallest absolute Gasteiger partial charge is 0.0622 e. The van der Waals surface area contributed by atoms with E-state index < -0.39 is 23.1 Å². The second kappa shape index (κ2) is 26.3. The van der Waals surface area contributed by atoms with Crippen LogP contribution in [-0.2, 0) is 40.0 Å². The molecule has 7 heteroatoms. The molecular weight excluding hydrogens is 1170 g/mol. The van der Waals surface area contributed by atoms with Crippen molar-refractivity contribution < 1.29 is 40.0 Å². The zero-order chi connectivity index (χ0) is 40.7. The quantitative estimate of drug-likeness (QED) is 0.0845. The first kappa shape index (κ1) is 46.2. The molecule has 0 saturated carbocycles. The largest absolute Gasteiger partial charge is 0.112 e. The van der Waals surface area contributed by atoms with E-state index in [0.717, 1.165) is 0 Å². The third-order valence-corrected chi connectivity index (χ3v) is 19.2. The fourth-order valence-electron chi connectivity index (χ4n) is 7.15. The average Bonchev–Trinajstić information content (AvgIpc) is 3.33. The molecule has 0 heterocycles. The molecule has 0 atom stereocenters. The van der Waals surface area contributed by atoms with Crippen molar-refractivity contribution in [2.24, 2.45) is 0 Å². The molecule has 8 aromatic carbocycles. The normalized spacial score (nSPS) is 10.6. The van der Waals surface area contributed by atoms with Gasteiger partial charge in [-0.25, -0.2) is 0 Å². The van der Waals surface area contributed by atoms with Gasteiger partial charge in [0.1, 0.15) is 23.2 Å². The van der Waals surface area contributed by atoms with Crippen molar-refractivity contribution in [1.82, 2.24) is 0 Å². The van der Waals surface area contributed by atoms with Gasteiger partial charge in [-0.2, -0.15) is 0 Å². The average molecular weight is 1220 g/mol. The molecule has 0 aromatic heterocycles. The Labute approximate surface area is 381 Å². The van der Waals surface area contributed by atoms with Crippen molar-refractivity contribution in [3.8, 4) is 0 Å². The molecule has 0 fully saturated rings. The molecule has 0 aliphatic heterocycles. The van der Waals surface area contributed by atoms with Gasteiger partial charge in [-0.3, -0.25) is 0 Å². The Kier molecular flexibility index (Phi) is 21.0. The zero-order valence-electron chi connectivity index (χ0n) is 31.9. The minimum Gasteiger partial charge on any atom is -0.0622 e. The van der Waals surface area contributed by atoms with Crippen molar-refractivity contribution in [2.75, 3.05) is 12.3 Å². The molecule has 0 aliphatic rings. The standard InChI is InChI=1S/C33H31P2.C18H15P.2Au.2ClH/c1-6-17-29(18-7-1)34(30-19-8-2-9-20-30)27-16-28-35(31-21-10-3-11-22-31,32-23-12-4-13-24-32)33-25-14-5-15-26-33;1-4-10-16(11-5-1)19(17-12-6-2-7-13-17)18-14-8-3-9-15-18;;;;/h1-15,17-26H,16,27-28H2;1-15H;;;2*1H/q+1;;2*+1;;/p-2. The third kappa shape index (κ3) is 12.8. The Morgan fingerprint density at radius 3 is 0.793 bits per heavy atom. The first-order chi connectivity index (χ1) is 28.8. The van der Waals surface area contributed by atoms with Gasteiger partial charge in [0.2, 0.25) is 0 Å². The zero-order valence-corrected chi connectivity index (χ0v) is 40.4. The van der Waals surface area contributed by atoms with Crippen LogP contribution in [0.2, 0.25) is 0 Å². The SMILES string of the molecule is [Cl][Au].[Cl][Au].c1ccc(P(CCC[P+](c2ccccc2)(c2ccccc2)c2ccccc2)c2ccccc2)cc1.c1ccc(P(c2ccccc2)c2ccccc2)cc1. The fraction of sp³-hybridized carbons (Fsp3) is 0.0588. The molecule has 8 rings (SSSR count). The molecule has 300 valence electrons. The van der Waals surface area contributed by atoms with Gasteiger partial charge in [-0.05, 0) is 91.3 Å². The Morgan fingerprint density at radius 2 is 0.534 bits per heavy atom. The molecule has 8 aromatic rings. The number of hydrogen-bond acceptors (Lipinski definition) is 0. The van der Waals surface area contributed by atoms with Crippen LogP contribution in [0.5, 0.6) is 0 Å². The van der Waals surface area contributed by atoms with Crippen LogP contribution in [0.15, 0.2) is 243 Å². The molecule has 58 heavy (non-hydrogen) atoms. The Balaban J connectivity index is 0.000000235. The van der Waals surface area contributed by atoms with Crippen LogP contribution in [0.25, 0.3) is 0 Å². The van der Waals surface area contributed by atoms with Crippen LogP contribution in [-0.4, -0.2) is 12.3 Å². The van der Waals surface area contributed by atoms with Crippen LogP contribution >= 0.6 is 41.5 Å². The van der Waals surface area contributed by atoms with Gasteiger partial charge < -0.3 is 0 Å². The third-order valence-electron chi connectivity index (χ3n) is 9.65. The Hall–Kier alpha value is -2.89. The summed E-state index contributed by atoms with van der Waals surface area (Å²) in [6, 6.07) is 88.3. The summed E-state index contributed by atoms with van der Waals surface area (Å²) in [4.78, 5) is 0. The maximum atomic E-state index is 4.58. The summed E-state index contributed by atoms with van der Waals surface area (Å²) < 4.78 is 0. The summed E-state index contributed by atoms with van der Waals surface area (Å²) in [5.74, 6) is 0. The molecule has 0 aliphatic carbocycles. The molecule has 0 saturated heterocycles. The van der Waals surface area contributed by atoms with Gasteiger partial charge in [-0.1, -0.05) is 206 Å². The predicted molar refractivity (Wildman–Crippen MR) is 255 cm³/mol. The van der Waals surface area contributed by atoms with Crippen molar-refractivity contribution >= 4 is 83.9 Å². The van der Waals surface area contributed by atoms with E-state index in [1.54, 1.807) is 40.0 Å². The van der Waals surface area contributed by atoms with Gasteiger partial charge in [0.15, 0.2) is 0 Å². The fourth-order valence-corrected chi connectivity index (χ4v) is 16.4. The van der Waals surface area contributed by atoms with E-state index in [0.29, 0.717) is 0 Å². The van der Waals surface area contributed by atoms with Gasteiger partial charge in [0.05, 0.1) is 6.16 Å². The molecule has 0 spiro atoms. The second-order valence-corrected chi connectivity index (χ2v) is 21.2. The summed E-state index contributed by atoms with van der Waals surface area (Å²) in [6.45, 7) is 0. The van der Waals surface area contributed by atoms with Crippen LogP contribution in [0.1, 0.15) is 6.42 Å². The molecular formula is C51H46Au2Cl2P3+. The predicted octanol–water partition coefficient (Wildman–Crippen LogP) is 11.3. The van der Waals surface area contributed by atoms with Crippen LogP contribution in [0, 0.1) is 0 Å². The van der Waals surface area contributed by atoms with Crippen LogP contribution < -0.4 is 42.4 Å². The van der Waals surface area contributed by atoms with E-state index in [4.69, 9.17) is 0 Å². The first-order valence-corrected chi connectivity index (χ1v) is 29.1. The van der Waals surface area contributed by atoms with E-state index in [-0.39, 0.29) is 0 Å².